The molecule has 0 radical (unpaired) electrons. The molecule has 2 N–H and O–H groups in total. The van der Waals surface area contributed by atoms with Gasteiger partial charge in [-0.2, -0.15) is 15.4 Å². The number of hydrogen-bond acceptors (Lipinski definition) is 6. The zero-order chi connectivity index (χ0) is 14.2. The average molecular weight is 274 g/mol. The van der Waals surface area contributed by atoms with Crippen molar-refractivity contribution in [3.63, 3.8) is 0 Å². The zero-order valence-electron chi connectivity index (χ0n) is 11.7. The van der Waals surface area contributed by atoms with Crippen LogP contribution in [0.2, 0.25) is 0 Å². The summed E-state index contributed by atoms with van der Waals surface area (Å²) in [5, 5.41) is 21.0. The van der Waals surface area contributed by atoms with Gasteiger partial charge in [-0.3, -0.25) is 0 Å². The standard InChI is InChI=1S/C13H18N6O/c1-3-11-15-9(2)6-12(16-11)19-5-4-13(20,8-19)10-7-14-18-17-10/h6-7,20H,3-5,8H2,1-2H3,(H,14,17,18)/t13-/m0/s1. The lowest BCUT2D eigenvalue weighted by molar-refractivity contribution is 0.0559. The molecule has 0 bridgehead atoms. The van der Waals surface area contributed by atoms with Crippen LogP contribution < -0.4 is 4.90 Å². The Labute approximate surface area is 117 Å². The van der Waals surface area contributed by atoms with E-state index in [1.54, 1.807) is 6.20 Å². The van der Waals surface area contributed by atoms with Gasteiger partial charge in [0.15, 0.2) is 0 Å². The fourth-order valence-electron chi connectivity index (χ4n) is 2.56. The number of nitrogens with zero attached hydrogens (tertiary/aromatic N) is 5. The lowest BCUT2D eigenvalue weighted by Gasteiger charge is -2.22. The third kappa shape index (κ3) is 2.24. The third-order valence-electron chi connectivity index (χ3n) is 3.67. The molecule has 0 spiro atoms. The molecule has 1 fully saturated rings. The summed E-state index contributed by atoms with van der Waals surface area (Å²) in [6, 6.07) is 1.95. The minimum absolute atomic E-state index is 0.471. The minimum atomic E-state index is -0.960. The predicted molar refractivity (Wildman–Crippen MR) is 73.3 cm³/mol. The van der Waals surface area contributed by atoms with Crippen molar-refractivity contribution >= 4 is 5.82 Å². The second-order valence-electron chi connectivity index (χ2n) is 5.20. The molecule has 1 saturated heterocycles. The van der Waals surface area contributed by atoms with Crippen LogP contribution in [0, 0.1) is 6.92 Å². The zero-order valence-corrected chi connectivity index (χ0v) is 11.7. The van der Waals surface area contributed by atoms with Crippen molar-refractivity contribution in [1.29, 1.82) is 0 Å². The summed E-state index contributed by atoms with van der Waals surface area (Å²) in [5.74, 6) is 1.70. The predicted octanol–water partition coefficient (Wildman–Crippen LogP) is 0.563. The first-order valence-electron chi connectivity index (χ1n) is 6.79. The van der Waals surface area contributed by atoms with E-state index in [4.69, 9.17) is 0 Å². The molecule has 106 valence electrons. The number of aryl methyl sites for hydroxylation is 2. The van der Waals surface area contributed by atoms with E-state index in [0.29, 0.717) is 18.7 Å². The lowest BCUT2D eigenvalue weighted by atomic mass is 10.0. The Morgan fingerprint density at radius 1 is 1.45 bits per heavy atom. The molecule has 7 nitrogen and oxygen atoms in total. The number of H-pyrrole nitrogens is 1. The number of aliphatic hydroxyl groups is 1. The van der Waals surface area contributed by atoms with E-state index in [1.165, 1.54) is 0 Å². The number of β-amino-alcohol motifs (C(OH)–C–C–N with tert-alkyl or cyclic N) is 1. The molecule has 20 heavy (non-hydrogen) atoms. The summed E-state index contributed by atoms with van der Waals surface area (Å²) in [6.45, 7) is 5.21. The molecule has 2 aromatic heterocycles. The van der Waals surface area contributed by atoms with E-state index in [1.807, 2.05) is 19.9 Å². The quantitative estimate of drug-likeness (QED) is 0.850. The highest BCUT2D eigenvalue weighted by molar-refractivity contribution is 5.42. The highest BCUT2D eigenvalue weighted by atomic mass is 16.3. The van der Waals surface area contributed by atoms with Crippen LogP contribution in [0.4, 0.5) is 5.82 Å². The topological polar surface area (TPSA) is 90.8 Å². The second-order valence-corrected chi connectivity index (χ2v) is 5.20. The number of aromatic nitrogens is 5. The Balaban J connectivity index is 1.85. The van der Waals surface area contributed by atoms with Gasteiger partial charge >= 0.3 is 0 Å². The van der Waals surface area contributed by atoms with Gasteiger partial charge in [-0.25, -0.2) is 9.97 Å². The fraction of sp³-hybridized carbons (Fsp3) is 0.538. The molecule has 0 saturated carbocycles. The van der Waals surface area contributed by atoms with Crippen LogP contribution in [0.25, 0.3) is 0 Å². The Hall–Kier alpha value is -2.02. The molecule has 0 aliphatic carbocycles. The Morgan fingerprint density at radius 3 is 3.00 bits per heavy atom. The van der Waals surface area contributed by atoms with Gasteiger partial charge in [-0.05, 0) is 6.92 Å². The Kier molecular flexibility index (Phi) is 3.13. The van der Waals surface area contributed by atoms with E-state index in [2.05, 4.69) is 30.3 Å². The second kappa shape index (κ2) is 4.82. The Bertz CT molecular complexity index is 599. The van der Waals surface area contributed by atoms with Gasteiger partial charge in [0.25, 0.3) is 0 Å². The normalized spacial score (nSPS) is 22.4. The summed E-state index contributed by atoms with van der Waals surface area (Å²) < 4.78 is 0. The van der Waals surface area contributed by atoms with E-state index < -0.39 is 5.60 Å². The fourth-order valence-corrected chi connectivity index (χ4v) is 2.56. The van der Waals surface area contributed by atoms with Crippen LogP contribution in [-0.2, 0) is 12.0 Å². The summed E-state index contributed by atoms with van der Waals surface area (Å²) in [6.07, 6.45) is 2.99. The van der Waals surface area contributed by atoms with Gasteiger partial charge in [0, 0.05) is 31.1 Å². The molecule has 2 aromatic rings. The maximum absolute atomic E-state index is 10.7. The van der Waals surface area contributed by atoms with Gasteiger partial charge < -0.3 is 10.0 Å². The van der Waals surface area contributed by atoms with Crippen molar-refractivity contribution in [1.82, 2.24) is 25.4 Å². The monoisotopic (exact) mass is 274 g/mol. The number of nitrogens with one attached hydrogen (secondary N) is 1. The molecule has 0 unspecified atom stereocenters. The van der Waals surface area contributed by atoms with E-state index in [-0.39, 0.29) is 0 Å². The third-order valence-corrected chi connectivity index (χ3v) is 3.67. The summed E-state index contributed by atoms with van der Waals surface area (Å²) in [5.41, 5.74) is 0.573. The van der Waals surface area contributed by atoms with Crippen LogP contribution in [0.1, 0.15) is 30.6 Å². The summed E-state index contributed by atoms with van der Waals surface area (Å²) in [4.78, 5) is 11.0. The number of hydrogen-bond donors (Lipinski definition) is 2. The van der Waals surface area contributed by atoms with Crippen molar-refractivity contribution in [2.24, 2.45) is 0 Å². The van der Waals surface area contributed by atoms with Gasteiger partial charge in [0.05, 0.1) is 12.7 Å². The largest absolute Gasteiger partial charge is 0.381 e. The first-order valence-corrected chi connectivity index (χ1v) is 6.79. The van der Waals surface area contributed by atoms with Crippen LogP contribution in [0.5, 0.6) is 0 Å². The van der Waals surface area contributed by atoms with Crippen molar-refractivity contribution in [2.75, 3.05) is 18.0 Å². The number of aromatic amines is 1. The van der Waals surface area contributed by atoms with Crippen molar-refractivity contribution < 1.29 is 5.11 Å². The molecule has 0 aromatic carbocycles. The van der Waals surface area contributed by atoms with Crippen molar-refractivity contribution in [3.05, 3.63) is 29.5 Å². The molecular weight excluding hydrogens is 256 g/mol. The molecule has 0 amide bonds. The van der Waals surface area contributed by atoms with Gasteiger partial charge in [-0.15, -0.1) is 0 Å². The molecule has 1 aliphatic heterocycles. The van der Waals surface area contributed by atoms with Gasteiger partial charge in [-0.1, -0.05) is 6.92 Å². The smallest absolute Gasteiger partial charge is 0.132 e. The molecule has 3 rings (SSSR count). The minimum Gasteiger partial charge on any atom is -0.381 e. The molecule has 7 heteroatoms. The number of rotatable bonds is 3. The van der Waals surface area contributed by atoms with Crippen molar-refractivity contribution in [3.8, 4) is 0 Å². The van der Waals surface area contributed by atoms with Crippen molar-refractivity contribution in [2.45, 2.75) is 32.3 Å². The number of anilines is 1. The molecule has 1 atom stereocenters. The van der Waals surface area contributed by atoms with E-state index >= 15 is 0 Å². The summed E-state index contributed by atoms with van der Waals surface area (Å²) in [7, 11) is 0. The molecule has 3 heterocycles. The maximum atomic E-state index is 10.7. The van der Waals surface area contributed by atoms with Crippen LogP contribution in [0.3, 0.4) is 0 Å². The molecular formula is C13H18N6O. The molecule has 1 aliphatic rings. The van der Waals surface area contributed by atoms with E-state index in [0.717, 1.165) is 30.3 Å². The average Bonchev–Trinajstić information content (AvgIpc) is 3.08. The SMILES string of the molecule is CCc1nc(C)cc(N2CC[C@@](O)(c3cn[nH]n3)C2)n1. The van der Waals surface area contributed by atoms with Crippen LogP contribution >= 0.6 is 0 Å². The highest BCUT2D eigenvalue weighted by Crippen LogP contribution is 2.32. The van der Waals surface area contributed by atoms with E-state index in [9.17, 15) is 5.11 Å². The van der Waals surface area contributed by atoms with Gasteiger partial charge in [0.1, 0.15) is 22.9 Å². The summed E-state index contributed by atoms with van der Waals surface area (Å²) >= 11 is 0. The highest BCUT2D eigenvalue weighted by Gasteiger charge is 2.40. The lowest BCUT2D eigenvalue weighted by Crippen LogP contribution is -2.31. The first-order chi connectivity index (χ1) is 9.60. The van der Waals surface area contributed by atoms with Gasteiger partial charge in [0.2, 0.25) is 0 Å². The van der Waals surface area contributed by atoms with Crippen LogP contribution in [-0.4, -0.2) is 43.6 Å². The first kappa shape index (κ1) is 13.0. The Morgan fingerprint density at radius 2 is 2.30 bits per heavy atom. The van der Waals surface area contributed by atoms with Crippen LogP contribution in [0.15, 0.2) is 12.3 Å². The maximum Gasteiger partial charge on any atom is 0.132 e.